The van der Waals surface area contributed by atoms with E-state index >= 15 is 0 Å². The standard InChI is InChI=1S/C18H24N6O/c1-14-2-5-17(25)24(21-14)13-10-22-8-11-23(12-9-22)16-6-7-19-18(20-16)15-3-4-15/h2,5-7,15H,3-4,8-13H2,1H3. The Morgan fingerprint density at radius 1 is 1.08 bits per heavy atom. The third kappa shape index (κ3) is 3.87. The van der Waals surface area contributed by atoms with Crippen molar-refractivity contribution in [2.75, 3.05) is 37.6 Å². The summed E-state index contributed by atoms with van der Waals surface area (Å²) in [7, 11) is 0. The minimum atomic E-state index is -0.0298. The smallest absolute Gasteiger partial charge is 0.266 e. The molecule has 4 rings (SSSR count). The molecule has 0 aromatic carbocycles. The molecule has 1 saturated carbocycles. The average Bonchev–Trinajstić information content (AvgIpc) is 3.48. The maximum atomic E-state index is 11.8. The second-order valence-electron chi connectivity index (χ2n) is 6.91. The van der Waals surface area contributed by atoms with Gasteiger partial charge in [0.1, 0.15) is 11.6 Å². The fraction of sp³-hybridized carbons (Fsp3) is 0.556. The van der Waals surface area contributed by atoms with E-state index in [2.05, 4.69) is 19.9 Å². The van der Waals surface area contributed by atoms with Crippen LogP contribution in [0.25, 0.3) is 0 Å². The van der Waals surface area contributed by atoms with E-state index in [1.54, 1.807) is 16.8 Å². The molecule has 2 fully saturated rings. The van der Waals surface area contributed by atoms with Crippen molar-refractivity contribution in [3.63, 3.8) is 0 Å². The Morgan fingerprint density at radius 2 is 1.88 bits per heavy atom. The van der Waals surface area contributed by atoms with Crippen molar-refractivity contribution >= 4 is 5.82 Å². The first kappa shape index (κ1) is 16.2. The Hall–Kier alpha value is -2.28. The molecule has 132 valence electrons. The van der Waals surface area contributed by atoms with Gasteiger partial charge in [0, 0.05) is 50.9 Å². The molecule has 7 heteroatoms. The van der Waals surface area contributed by atoms with E-state index in [4.69, 9.17) is 4.98 Å². The number of hydrogen-bond acceptors (Lipinski definition) is 6. The van der Waals surface area contributed by atoms with E-state index in [1.165, 1.54) is 12.8 Å². The Morgan fingerprint density at radius 3 is 2.64 bits per heavy atom. The quantitative estimate of drug-likeness (QED) is 0.810. The van der Waals surface area contributed by atoms with E-state index in [9.17, 15) is 4.79 Å². The minimum Gasteiger partial charge on any atom is -0.354 e. The molecule has 1 saturated heterocycles. The van der Waals surface area contributed by atoms with Crippen LogP contribution in [0.5, 0.6) is 0 Å². The predicted octanol–water partition coefficient (Wildman–Crippen LogP) is 1.04. The highest BCUT2D eigenvalue weighted by Crippen LogP contribution is 2.38. The molecule has 0 N–H and O–H groups in total. The number of hydrogen-bond donors (Lipinski definition) is 0. The summed E-state index contributed by atoms with van der Waals surface area (Å²) in [6.45, 7) is 7.26. The van der Waals surface area contributed by atoms with Crippen LogP contribution < -0.4 is 10.5 Å². The van der Waals surface area contributed by atoms with Gasteiger partial charge in [-0.25, -0.2) is 14.6 Å². The molecule has 0 amide bonds. The van der Waals surface area contributed by atoms with Crippen LogP contribution in [0.15, 0.2) is 29.2 Å². The molecule has 2 aromatic rings. The highest BCUT2D eigenvalue weighted by molar-refractivity contribution is 5.38. The highest BCUT2D eigenvalue weighted by Gasteiger charge is 2.27. The fourth-order valence-electron chi connectivity index (χ4n) is 3.23. The van der Waals surface area contributed by atoms with Crippen LogP contribution in [0.4, 0.5) is 5.82 Å². The molecule has 0 bridgehead atoms. The summed E-state index contributed by atoms with van der Waals surface area (Å²) in [6.07, 6.45) is 4.34. The summed E-state index contributed by atoms with van der Waals surface area (Å²) < 4.78 is 1.56. The largest absolute Gasteiger partial charge is 0.354 e. The number of rotatable bonds is 5. The summed E-state index contributed by atoms with van der Waals surface area (Å²) in [6, 6.07) is 5.36. The molecule has 3 heterocycles. The number of piperazine rings is 1. The van der Waals surface area contributed by atoms with Crippen molar-refractivity contribution in [1.29, 1.82) is 0 Å². The van der Waals surface area contributed by atoms with Crippen LogP contribution in [0, 0.1) is 6.92 Å². The summed E-state index contributed by atoms with van der Waals surface area (Å²) in [4.78, 5) is 25.7. The van der Waals surface area contributed by atoms with Gasteiger partial charge in [-0.3, -0.25) is 9.69 Å². The van der Waals surface area contributed by atoms with Gasteiger partial charge in [-0.15, -0.1) is 0 Å². The van der Waals surface area contributed by atoms with Crippen molar-refractivity contribution in [3.05, 3.63) is 46.3 Å². The Labute approximate surface area is 147 Å². The van der Waals surface area contributed by atoms with Crippen LogP contribution in [0.3, 0.4) is 0 Å². The Kier molecular flexibility index (Phi) is 4.48. The zero-order valence-electron chi connectivity index (χ0n) is 14.6. The van der Waals surface area contributed by atoms with Gasteiger partial charge >= 0.3 is 0 Å². The van der Waals surface area contributed by atoms with E-state index in [-0.39, 0.29) is 5.56 Å². The van der Waals surface area contributed by atoms with Gasteiger partial charge in [-0.1, -0.05) is 0 Å². The maximum Gasteiger partial charge on any atom is 0.266 e. The van der Waals surface area contributed by atoms with Crippen molar-refractivity contribution in [2.24, 2.45) is 0 Å². The molecule has 0 atom stereocenters. The van der Waals surface area contributed by atoms with Crippen molar-refractivity contribution in [3.8, 4) is 0 Å². The van der Waals surface area contributed by atoms with Crippen LogP contribution in [-0.4, -0.2) is 57.4 Å². The van der Waals surface area contributed by atoms with Gasteiger partial charge in [0.25, 0.3) is 5.56 Å². The molecule has 25 heavy (non-hydrogen) atoms. The second-order valence-corrected chi connectivity index (χ2v) is 6.91. The van der Waals surface area contributed by atoms with E-state index in [0.29, 0.717) is 12.5 Å². The molecule has 0 spiro atoms. The molecule has 0 unspecified atom stereocenters. The van der Waals surface area contributed by atoms with Gasteiger partial charge in [-0.05, 0) is 31.9 Å². The normalized spacial score (nSPS) is 18.5. The lowest BCUT2D eigenvalue weighted by molar-refractivity contribution is 0.242. The monoisotopic (exact) mass is 340 g/mol. The van der Waals surface area contributed by atoms with Gasteiger partial charge in [0.05, 0.1) is 12.2 Å². The van der Waals surface area contributed by atoms with Gasteiger partial charge in [-0.2, -0.15) is 5.10 Å². The van der Waals surface area contributed by atoms with Gasteiger partial charge < -0.3 is 4.90 Å². The highest BCUT2D eigenvalue weighted by atomic mass is 16.1. The zero-order valence-corrected chi connectivity index (χ0v) is 14.6. The van der Waals surface area contributed by atoms with E-state index in [0.717, 1.165) is 50.1 Å². The summed E-state index contributed by atoms with van der Waals surface area (Å²) in [5.41, 5.74) is 0.845. The van der Waals surface area contributed by atoms with E-state index in [1.807, 2.05) is 19.2 Å². The zero-order chi connectivity index (χ0) is 17.2. The lowest BCUT2D eigenvalue weighted by Gasteiger charge is -2.35. The Bertz CT molecular complexity index is 792. The maximum absolute atomic E-state index is 11.8. The minimum absolute atomic E-state index is 0.0298. The lowest BCUT2D eigenvalue weighted by Crippen LogP contribution is -2.48. The SMILES string of the molecule is Cc1ccc(=O)n(CCN2CCN(c3ccnc(C4CC4)n3)CC2)n1. The molecule has 1 aliphatic carbocycles. The van der Waals surface area contributed by atoms with Crippen LogP contribution in [-0.2, 0) is 6.54 Å². The fourth-order valence-corrected chi connectivity index (χ4v) is 3.23. The molecule has 7 nitrogen and oxygen atoms in total. The number of aryl methyl sites for hydroxylation is 1. The summed E-state index contributed by atoms with van der Waals surface area (Å²) in [5.74, 6) is 2.64. The topological polar surface area (TPSA) is 67.2 Å². The Balaban J connectivity index is 1.31. The first-order valence-corrected chi connectivity index (χ1v) is 9.04. The third-order valence-electron chi connectivity index (χ3n) is 4.93. The van der Waals surface area contributed by atoms with Crippen LogP contribution in [0.1, 0.15) is 30.3 Å². The average molecular weight is 340 g/mol. The second kappa shape index (κ2) is 6.92. The molecule has 2 aromatic heterocycles. The van der Waals surface area contributed by atoms with E-state index < -0.39 is 0 Å². The predicted molar refractivity (Wildman–Crippen MR) is 95.9 cm³/mol. The van der Waals surface area contributed by atoms with Crippen molar-refractivity contribution in [2.45, 2.75) is 32.2 Å². The summed E-state index contributed by atoms with van der Waals surface area (Å²) >= 11 is 0. The van der Waals surface area contributed by atoms with Crippen LogP contribution in [0.2, 0.25) is 0 Å². The number of nitrogens with zero attached hydrogens (tertiary/aromatic N) is 6. The van der Waals surface area contributed by atoms with Gasteiger partial charge in [0.15, 0.2) is 0 Å². The first-order valence-electron chi connectivity index (χ1n) is 9.04. The number of aromatic nitrogens is 4. The van der Waals surface area contributed by atoms with Gasteiger partial charge in [0.2, 0.25) is 0 Å². The molecule has 2 aliphatic rings. The molecule has 1 aliphatic heterocycles. The first-order chi connectivity index (χ1) is 12.2. The van der Waals surface area contributed by atoms with Crippen molar-refractivity contribution < 1.29 is 0 Å². The lowest BCUT2D eigenvalue weighted by atomic mass is 10.3. The molecule has 0 radical (unpaired) electrons. The van der Waals surface area contributed by atoms with Crippen molar-refractivity contribution in [1.82, 2.24) is 24.6 Å². The molecular weight excluding hydrogens is 316 g/mol. The third-order valence-corrected chi connectivity index (χ3v) is 4.93. The van der Waals surface area contributed by atoms with Crippen LogP contribution >= 0.6 is 0 Å². The summed E-state index contributed by atoms with van der Waals surface area (Å²) in [5, 5.41) is 4.30. The number of anilines is 1. The molecular formula is C18H24N6O.